The highest BCUT2D eigenvalue weighted by Crippen LogP contribution is 2.20. The predicted molar refractivity (Wildman–Crippen MR) is 144 cm³/mol. The van der Waals surface area contributed by atoms with Gasteiger partial charge in [-0.1, -0.05) is 24.3 Å². The van der Waals surface area contributed by atoms with Crippen LogP contribution in [-0.2, 0) is 22.6 Å². The number of likely N-dealkylation sites (tertiary alicyclic amines) is 1. The summed E-state index contributed by atoms with van der Waals surface area (Å²) in [7, 11) is 0. The number of hydrogen-bond donors (Lipinski definition) is 1. The van der Waals surface area contributed by atoms with Crippen molar-refractivity contribution in [3.05, 3.63) is 35.4 Å². The van der Waals surface area contributed by atoms with Crippen molar-refractivity contribution in [1.29, 1.82) is 0 Å². The summed E-state index contributed by atoms with van der Waals surface area (Å²) in [5, 5.41) is 3.54. The van der Waals surface area contributed by atoms with Crippen LogP contribution in [0, 0.1) is 0 Å². The van der Waals surface area contributed by atoms with E-state index in [9.17, 15) is 0 Å². The van der Waals surface area contributed by atoms with E-state index in [0.29, 0.717) is 24.8 Å². The third kappa shape index (κ3) is 7.52. The zero-order chi connectivity index (χ0) is 22.3. The summed E-state index contributed by atoms with van der Waals surface area (Å²) in [6.07, 6.45) is 1.78. The Hall–Kier alpha value is -0.940. The first-order chi connectivity index (χ1) is 15.6. The first-order valence-corrected chi connectivity index (χ1v) is 12.4. The van der Waals surface area contributed by atoms with E-state index in [2.05, 4.69) is 65.1 Å². The minimum absolute atomic E-state index is 0. The molecule has 3 atom stereocenters. The summed E-state index contributed by atoms with van der Waals surface area (Å²) in [5.74, 6) is 1.05. The number of nitrogens with one attached hydrogen (secondary N) is 1. The monoisotopic (exact) mass is 571 g/mol. The Bertz CT molecular complexity index is 748. The summed E-state index contributed by atoms with van der Waals surface area (Å²) in [6, 6.07) is 9.38. The normalized spacial score (nSPS) is 27.4. The highest BCUT2D eigenvalue weighted by molar-refractivity contribution is 14.0. The van der Waals surface area contributed by atoms with Gasteiger partial charge in [-0.25, -0.2) is 4.99 Å². The minimum Gasteiger partial charge on any atom is -0.379 e. The quantitative estimate of drug-likeness (QED) is 0.322. The molecule has 0 amide bonds. The van der Waals surface area contributed by atoms with Crippen LogP contribution in [0.25, 0.3) is 0 Å². The molecule has 0 saturated carbocycles. The van der Waals surface area contributed by atoms with Crippen molar-refractivity contribution in [2.45, 2.75) is 58.5 Å². The molecule has 3 aliphatic rings. The Morgan fingerprint density at radius 3 is 2.42 bits per heavy atom. The highest BCUT2D eigenvalue weighted by atomic mass is 127. The van der Waals surface area contributed by atoms with Crippen molar-refractivity contribution in [2.24, 2.45) is 4.99 Å². The van der Waals surface area contributed by atoms with Crippen LogP contribution in [0.15, 0.2) is 29.3 Å². The molecule has 0 radical (unpaired) electrons. The standard InChI is InChI=1S/C25H41N5O2.HI/c1-4-26-25(30-10-9-24(19-30)29-11-13-31-14-12-29)27-15-22-7-5-6-8-23(22)18-28-16-20(2)32-21(3)17-28;/h5-8,20-21,24H,4,9-19H2,1-3H3,(H,26,27);1H. The molecule has 3 unspecified atom stereocenters. The molecule has 3 aliphatic heterocycles. The van der Waals surface area contributed by atoms with Gasteiger partial charge in [0.15, 0.2) is 5.96 Å². The van der Waals surface area contributed by atoms with Gasteiger partial charge in [0, 0.05) is 58.4 Å². The molecule has 0 spiro atoms. The van der Waals surface area contributed by atoms with Crippen molar-refractivity contribution in [1.82, 2.24) is 20.0 Å². The second-order valence-corrected chi connectivity index (χ2v) is 9.43. The molecular weight excluding hydrogens is 529 g/mol. The van der Waals surface area contributed by atoms with E-state index in [0.717, 1.165) is 71.5 Å². The number of ether oxygens (including phenoxy) is 2. The minimum atomic E-state index is 0. The van der Waals surface area contributed by atoms with E-state index in [1.807, 2.05) is 0 Å². The average Bonchev–Trinajstić information content (AvgIpc) is 3.28. The number of guanidine groups is 1. The summed E-state index contributed by atoms with van der Waals surface area (Å²) in [4.78, 5) is 12.6. The fraction of sp³-hybridized carbons (Fsp3) is 0.720. The van der Waals surface area contributed by atoms with Gasteiger partial charge in [0.05, 0.1) is 32.0 Å². The third-order valence-corrected chi connectivity index (χ3v) is 6.77. The van der Waals surface area contributed by atoms with Gasteiger partial charge >= 0.3 is 0 Å². The van der Waals surface area contributed by atoms with Crippen molar-refractivity contribution in [2.75, 3.05) is 59.0 Å². The van der Waals surface area contributed by atoms with E-state index in [1.54, 1.807) is 0 Å². The van der Waals surface area contributed by atoms with E-state index in [4.69, 9.17) is 14.5 Å². The van der Waals surface area contributed by atoms with Crippen LogP contribution in [0.3, 0.4) is 0 Å². The van der Waals surface area contributed by atoms with E-state index in [1.165, 1.54) is 17.5 Å². The molecule has 1 aromatic rings. The largest absolute Gasteiger partial charge is 0.379 e. The molecule has 8 heteroatoms. The van der Waals surface area contributed by atoms with Crippen molar-refractivity contribution in [3.8, 4) is 0 Å². The van der Waals surface area contributed by atoms with E-state index < -0.39 is 0 Å². The van der Waals surface area contributed by atoms with Gasteiger partial charge in [-0.05, 0) is 38.3 Å². The molecule has 7 nitrogen and oxygen atoms in total. The van der Waals surface area contributed by atoms with Crippen LogP contribution in [0.4, 0.5) is 0 Å². The Balaban J connectivity index is 0.00000306. The molecule has 0 bridgehead atoms. The summed E-state index contributed by atoms with van der Waals surface area (Å²) in [6.45, 7) is 17.0. The molecule has 3 fully saturated rings. The lowest BCUT2D eigenvalue weighted by atomic mass is 10.1. The second-order valence-electron chi connectivity index (χ2n) is 9.43. The number of aliphatic imine (C=N–C) groups is 1. The van der Waals surface area contributed by atoms with Crippen LogP contribution < -0.4 is 5.32 Å². The second kappa shape index (κ2) is 13.2. The smallest absolute Gasteiger partial charge is 0.194 e. The predicted octanol–water partition coefficient (Wildman–Crippen LogP) is 2.79. The number of morpholine rings is 2. The van der Waals surface area contributed by atoms with Gasteiger partial charge in [-0.15, -0.1) is 24.0 Å². The van der Waals surface area contributed by atoms with Gasteiger partial charge < -0.3 is 19.7 Å². The number of halogens is 1. The Kier molecular flexibility index (Phi) is 10.7. The molecule has 1 aromatic carbocycles. The highest BCUT2D eigenvalue weighted by Gasteiger charge is 2.30. The lowest BCUT2D eigenvalue weighted by Gasteiger charge is -2.35. The van der Waals surface area contributed by atoms with Crippen LogP contribution >= 0.6 is 24.0 Å². The van der Waals surface area contributed by atoms with Gasteiger partial charge in [-0.2, -0.15) is 0 Å². The molecule has 4 rings (SSSR count). The molecule has 3 saturated heterocycles. The number of hydrogen-bond acceptors (Lipinski definition) is 5. The Labute approximate surface area is 216 Å². The lowest BCUT2D eigenvalue weighted by Crippen LogP contribution is -2.46. The van der Waals surface area contributed by atoms with Crippen molar-refractivity contribution < 1.29 is 9.47 Å². The molecule has 0 aliphatic carbocycles. The van der Waals surface area contributed by atoms with Crippen LogP contribution in [-0.4, -0.2) is 97.9 Å². The van der Waals surface area contributed by atoms with Crippen LogP contribution in [0.1, 0.15) is 38.3 Å². The van der Waals surface area contributed by atoms with Crippen molar-refractivity contribution >= 4 is 29.9 Å². The van der Waals surface area contributed by atoms with Gasteiger partial charge in [-0.3, -0.25) is 9.80 Å². The van der Waals surface area contributed by atoms with Crippen LogP contribution in [0.5, 0.6) is 0 Å². The maximum atomic E-state index is 5.91. The molecule has 0 aromatic heterocycles. The molecular formula is C25H42IN5O2. The van der Waals surface area contributed by atoms with Gasteiger partial charge in [0.2, 0.25) is 0 Å². The third-order valence-electron chi connectivity index (χ3n) is 6.77. The number of nitrogens with zero attached hydrogens (tertiary/aromatic N) is 4. The van der Waals surface area contributed by atoms with E-state index >= 15 is 0 Å². The number of benzene rings is 1. The lowest BCUT2D eigenvalue weighted by molar-refractivity contribution is -0.0705. The zero-order valence-corrected chi connectivity index (χ0v) is 22.9. The zero-order valence-electron chi connectivity index (χ0n) is 20.5. The topological polar surface area (TPSA) is 52.6 Å². The summed E-state index contributed by atoms with van der Waals surface area (Å²) < 4.78 is 11.4. The van der Waals surface area contributed by atoms with Gasteiger partial charge in [0.1, 0.15) is 0 Å². The maximum absolute atomic E-state index is 5.91. The fourth-order valence-corrected chi connectivity index (χ4v) is 5.28. The van der Waals surface area contributed by atoms with Crippen molar-refractivity contribution in [3.63, 3.8) is 0 Å². The fourth-order valence-electron chi connectivity index (χ4n) is 5.28. The Morgan fingerprint density at radius 2 is 1.73 bits per heavy atom. The van der Waals surface area contributed by atoms with Crippen LogP contribution in [0.2, 0.25) is 0 Å². The molecule has 1 N–H and O–H groups in total. The number of rotatable bonds is 6. The first kappa shape index (κ1) is 26.7. The van der Waals surface area contributed by atoms with Gasteiger partial charge in [0.25, 0.3) is 0 Å². The Morgan fingerprint density at radius 1 is 1.03 bits per heavy atom. The molecule has 186 valence electrons. The first-order valence-electron chi connectivity index (χ1n) is 12.4. The van der Waals surface area contributed by atoms with E-state index in [-0.39, 0.29) is 24.0 Å². The average molecular weight is 572 g/mol. The maximum Gasteiger partial charge on any atom is 0.194 e. The molecule has 3 heterocycles. The summed E-state index contributed by atoms with van der Waals surface area (Å²) in [5.41, 5.74) is 2.69. The summed E-state index contributed by atoms with van der Waals surface area (Å²) >= 11 is 0. The molecule has 33 heavy (non-hydrogen) atoms. The SMILES string of the molecule is CCNC(=NCc1ccccc1CN1CC(C)OC(C)C1)N1CCC(N2CCOCC2)C1.I.